The van der Waals surface area contributed by atoms with E-state index in [9.17, 15) is 18.5 Å². The number of sulfone groups is 1. The van der Waals surface area contributed by atoms with E-state index in [4.69, 9.17) is 0 Å². The van der Waals surface area contributed by atoms with E-state index in [1.54, 1.807) is 6.07 Å². The molecule has 3 rings (SSSR count). The molecule has 8 heteroatoms. The summed E-state index contributed by atoms with van der Waals surface area (Å²) in [6.07, 6.45) is 7.34. The maximum absolute atomic E-state index is 11.9. The smallest absolute Gasteiger partial charge is 0.288 e. The SMILES string of the molecule is CS(=O)(=O)c1cc(NC2CCN(CC3CCCC3)C2)ccc1[N+](=O)[O-]. The molecule has 1 aromatic rings. The van der Waals surface area contributed by atoms with E-state index in [0.29, 0.717) is 5.69 Å². The number of anilines is 1. The highest BCUT2D eigenvalue weighted by Gasteiger charge is 2.27. The number of nitrogens with one attached hydrogen (secondary N) is 1. The van der Waals surface area contributed by atoms with Gasteiger partial charge in [0, 0.05) is 43.7 Å². The molecule has 7 nitrogen and oxygen atoms in total. The second-order valence-corrected chi connectivity index (χ2v) is 9.24. The van der Waals surface area contributed by atoms with E-state index >= 15 is 0 Å². The van der Waals surface area contributed by atoms with Crippen molar-refractivity contribution in [1.82, 2.24) is 4.90 Å². The number of benzene rings is 1. The third-order valence-corrected chi connectivity index (χ3v) is 6.32. The lowest BCUT2D eigenvalue weighted by Gasteiger charge is -2.20. The number of likely N-dealkylation sites (tertiary alicyclic amines) is 1. The molecule has 1 aromatic carbocycles. The molecule has 1 saturated heterocycles. The van der Waals surface area contributed by atoms with Gasteiger partial charge in [0.25, 0.3) is 5.69 Å². The molecule has 0 bridgehead atoms. The largest absolute Gasteiger partial charge is 0.381 e. The summed E-state index contributed by atoms with van der Waals surface area (Å²) in [4.78, 5) is 12.6. The minimum Gasteiger partial charge on any atom is -0.381 e. The van der Waals surface area contributed by atoms with Crippen molar-refractivity contribution in [3.63, 3.8) is 0 Å². The number of hydrogen-bond acceptors (Lipinski definition) is 6. The fourth-order valence-electron chi connectivity index (χ4n) is 3.96. The lowest BCUT2D eigenvalue weighted by molar-refractivity contribution is -0.387. The molecule has 0 radical (unpaired) electrons. The highest BCUT2D eigenvalue weighted by molar-refractivity contribution is 7.90. The molecule has 1 saturated carbocycles. The molecule has 0 aromatic heterocycles. The highest BCUT2D eigenvalue weighted by atomic mass is 32.2. The normalized spacial score (nSPS) is 22.4. The average molecular weight is 367 g/mol. The molecule has 138 valence electrons. The van der Waals surface area contributed by atoms with Gasteiger partial charge >= 0.3 is 0 Å². The fraction of sp³-hybridized carbons (Fsp3) is 0.647. The Hall–Kier alpha value is -1.67. The lowest BCUT2D eigenvalue weighted by Crippen LogP contribution is -2.29. The summed E-state index contributed by atoms with van der Waals surface area (Å²) >= 11 is 0. The summed E-state index contributed by atoms with van der Waals surface area (Å²) in [5.41, 5.74) is 0.251. The first kappa shape index (κ1) is 18.1. The Kier molecular flexibility index (Phi) is 5.29. The predicted octanol–water partition coefficient (Wildman–Crippen LogP) is 2.67. The quantitative estimate of drug-likeness (QED) is 0.614. The van der Waals surface area contributed by atoms with Gasteiger partial charge in [-0.2, -0.15) is 0 Å². The monoisotopic (exact) mass is 367 g/mol. The van der Waals surface area contributed by atoms with E-state index in [2.05, 4.69) is 10.2 Å². The van der Waals surface area contributed by atoms with Gasteiger partial charge in [-0.1, -0.05) is 12.8 Å². The first-order valence-electron chi connectivity index (χ1n) is 8.80. The Morgan fingerprint density at radius 3 is 2.64 bits per heavy atom. The Morgan fingerprint density at radius 2 is 2.00 bits per heavy atom. The van der Waals surface area contributed by atoms with Crippen molar-refractivity contribution >= 4 is 21.2 Å². The molecule has 0 spiro atoms. The summed E-state index contributed by atoms with van der Waals surface area (Å²) in [7, 11) is -3.65. The Labute approximate surface area is 148 Å². The van der Waals surface area contributed by atoms with Crippen LogP contribution in [-0.2, 0) is 9.84 Å². The maximum atomic E-state index is 11.9. The zero-order valence-electron chi connectivity index (χ0n) is 14.5. The molecule has 1 aliphatic heterocycles. The molecule has 2 fully saturated rings. The summed E-state index contributed by atoms with van der Waals surface area (Å²) in [6, 6.07) is 4.49. The minimum absolute atomic E-state index is 0.233. The summed E-state index contributed by atoms with van der Waals surface area (Å²) in [5.74, 6) is 0.815. The Bertz CT molecular complexity index is 744. The predicted molar refractivity (Wildman–Crippen MR) is 96.6 cm³/mol. The van der Waals surface area contributed by atoms with Crippen molar-refractivity contribution in [1.29, 1.82) is 0 Å². The van der Waals surface area contributed by atoms with Crippen molar-refractivity contribution in [2.45, 2.75) is 43.0 Å². The van der Waals surface area contributed by atoms with Gasteiger partial charge in [0.05, 0.1) is 4.92 Å². The van der Waals surface area contributed by atoms with Crippen LogP contribution in [0.25, 0.3) is 0 Å². The third-order valence-electron chi connectivity index (χ3n) is 5.19. The molecule has 1 N–H and O–H groups in total. The highest BCUT2D eigenvalue weighted by Crippen LogP contribution is 2.29. The fourth-order valence-corrected chi connectivity index (χ4v) is 4.83. The van der Waals surface area contributed by atoms with Gasteiger partial charge in [-0.15, -0.1) is 0 Å². The van der Waals surface area contributed by atoms with E-state index in [0.717, 1.165) is 38.2 Å². The molecule has 2 aliphatic rings. The molecule has 1 heterocycles. The number of rotatable bonds is 6. The second kappa shape index (κ2) is 7.29. The number of nitrogens with zero attached hydrogens (tertiary/aromatic N) is 2. The summed E-state index contributed by atoms with van der Waals surface area (Å²) in [6.45, 7) is 3.12. The van der Waals surface area contributed by atoms with Gasteiger partial charge < -0.3 is 10.2 Å². The van der Waals surface area contributed by atoms with Crippen molar-refractivity contribution in [2.24, 2.45) is 5.92 Å². The summed E-state index contributed by atoms with van der Waals surface area (Å²) in [5, 5.41) is 14.4. The molecular formula is C17H25N3O4S. The number of hydrogen-bond donors (Lipinski definition) is 1. The molecule has 1 atom stereocenters. The standard InChI is InChI=1S/C17H25N3O4S/c1-25(23,24)17-10-14(6-7-16(17)20(21)22)18-15-8-9-19(12-15)11-13-4-2-3-5-13/h6-7,10,13,15,18H,2-5,8-9,11-12H2,1H3. The van der Waals surface area contributed by atoms with Crippen LogP contribution in [0.15, 0.2) is 23.1 Å². The van der Waals surface area contributed by atoms with E-state index in [1.165, 1.54) is 37.8 Å². The van der Waals surface area contributed by atoms with Crippen molar-refractivity contribution in [3.05, 3.63) is 28.3 Å². The number of nitro benzene ring substituents is 1. The van der Waals surface area contributed by atoms with Crippen LogP contribution in [0.2, 0.25) is 0 Å². The van der Waals surface area contributed by atoms with Gasteiger partial charge in [0.2, 0.25) is 0 Å². The van der Waals surface area contributed by atoms with Gasteiger partial charge in [0.1, 0.15) is 4.90 Å². The second-order valence-electron chi connectivity index (χ2n) is 7.25. The van der Waals surface area contributed by atoms with Crippen LogP contribution in [0.3, 0.4) is 0 Å². The molecule has 1 aliphatic carbocycles. The zero-order chi connectivity index (χ0) is 18.0. The zero-order valence-corrected chi connectivity index (χ0v) is 15.3. The van der Waals surface area contributed by atoms with Gasteiger partial charge in [-0.05, 0) is 37.3 Å². The van der Waals surface area contributed by atoms with Gasteiger partial charge in [0.15, 0.2) is 9.84 Å². The van der Waals surface area contributed by atoms with Crippen LogP contribution in [0.1, 0.15) is 32.1 Å². The first-order valence-corrected chi connectivity index (χ1v) is 10.7. The maximum Gasteiger partial charge on any atom is 0.288 e. The lowest BCUT2D eigenvalue weighted by atomic mass is 10.1. The average Bonchev–Trinajstić information content (AvgIpc) is 3.19. The number of nitro groups is 1. The Balaban J connectivity index is 1.66. The van der Waals surface area contributed by atoms with Crippen molar-refractivity contribution in [2.75, 3.05) is 31.2 Å². The van der Waals surface area contributed by atoms with Crippen LogP contribution in [0.5, 0.6) is 0 Å². The minimum atomic E-state index is -3.65. The van der Waals surface area contributed by atoms with Crippen molar-refractivity contribution in [3.8, 4) is 0 Å². The van der Waals surface area contributed by atoms with Crippen LogP contribution < -0.4 is 5.32 Å². The molecule has 1 unspecified atom stereocenters. The van der Waals surface area contributed by atoms with E-state index < -0.39 is 14.8 Å². The van der Waals surface area contributed by atoms with Crippen LogP contribution >= 0.6 is 0 Å². The molecule has 0 amide bonds. The van der Waals surface area contributed by atoms with Crippen LogP contribution in [0.4, 0.5) is 11.4 Å². The third kappa shape index (κ3) is 4.49. The van der Waals surface area contributed by atoms with Gasteiger partial charge in [-0.3, -0.25) is 10.1 Å². The first-order chi connectivity index (χ1) is 11.8. The molecule has 25 heavy (non-hydrogen) atoms. The van der Waals surface area contributed by atoms with Crippen LogP contribution in [0, 0.1) is 16.0 Å². The summed E-state index contributed by atoms with van der Waals surface area (Å²) < 4.78 is 23.7. The van der Waals surface area contributed by atoms with Crippen molar-refractivity contribution < 1.29 is 13.3 Å². The molecular weight excluding hydrogens is 342 g/mol. The van der Waals surface area contributed by atoms with Crippen LogP contribution in [-0.4, -0.2) is 50.2 Å². The Morgan fingerprint density at radius 1 is 1.28 bits per heavy atom. The van der Waals surface area contributed by atoms with Gasteiger partial charge in [-0.25, -0.2) is 8.42 Å². The van der Waals surface area contributed by atoms with E-state index in [-0.39, 0.29) is 16.6 Å². The topological polar surface area (TPSA) is 92.6 Å². The van der Waals surface area contributed by atoms with E-state index in [1.807, 2.05) is 0 Å².